The summed E-state index contributed by atoms with van der Waals surface area (Å²) in [6.45, 7) is 12.4. The molecule has 0 saturated heterocycles. The first-order valence-corrected chi connectivity index (χ1v) is 9.65. The number of aromatic hydroxyl groups is 1. The number of primary amides is 1. The maximum absolute atomic E-state index is 12.8. The van der Waals surface area contributed by atoms with E-state index in [2.05, 4.69) is 41.5 Å². The molecule has 5 heteroatoms. The summed E-state index contributed by atoms with van der Waals surface area (Å²) in [4.78, 5) is 24.7. The van der Waals surface area contributed by atoms with Crippen molar-refractivity contribution in [1.82, 2.24) is 4.57 Å². The van der Waals surface area contributed by atoms with Crippen LogP contribution in [0.25, 0.3) is 16.6 Å². The Hall–Kier alpha value is -3.08. The molecule has 0 unspecified atom stereocenters. The van der Waals surface area contributed by atoms with E-state index in [4.69, 9.17) is 5.73 Å². The zero-order valence-corrected chi connectivity index (χ0v) is 17.8. The van der Waals surface area contributed by atoms with Gasteiger partial charge in [0.1, 0.15) is 11.3 Å². The van der Waals surface area contributed by atoms with Gasteiger partial charge in [0, 0.05) is 22.8 Å². The number of hydrogen-bond donors (Lipinski definition) is 2. The van der Waals surface area contributed by atoms with Gasteiger partial charge in [0.15, 0.2) is 0 Å². The first kappa shape index (κ1) is 20.6. The number of amides is 1. The number of benzene rings is 2. The number of nitrogens with two attached hydrogens (primary N) is 1. The number of nitrogens with zero attached hydrogens (tertiary/aromatic N) is 1. The Balaban J connectivity index is 2.57. The molecular formula is C24H28N2O3. The quantitative estimate of drug-likeness (QED) is 0.678. The van der Waals surface area contributed by atoms with Gasteiger partial charge >= 0.3 is 0 Å². The van der Waals surface area contributed by atoms with Gasteiger partial charge in [-0.2, -0.15) is 0 Å². The summed E-state index contributed by atoms with van der Waals surface area (Å²) in [5.41, 5.74) is 7.72. The lowest BCUT2D eigenvalue weighted by atomic mass is 9.74. The standard InChI is InChI=1S/C24H28N2O3/c1-23(2,3)19-17(11-12-18(27)20(19)24(4,5)6)26-13-15(22(25)29)21(28)14-9-7-8-10-16(14)26/h7-13,27H,1-6H3,(H2,25,29). The molecule has 29 heavy (non-hydrogen) atoms. The van der Waals surface area contributed by atoms with Crippen molar-refractivity contribution in [1.29, 1.82) is 0 Å². The van der Waals surface area contributed by atoms with E-state index in [1.165, 1.54) is 6.20 Å². The molecule has 1 amide bonds. The third kappa shape index (κ3) is 3.53. The van der Waals surface area contributed by atoms with Crippen molar-refractivity contribution in [3.8, 4) is 11.4 Å². The van der Waals surface area contributed by atoms with E-state index < -0.39 is 5.91 Å². The van der Waals surface area contributed by atoms with Crippen LogP contribution in [0, 0.1) is 0 Å². The fraction of sp³-hybridized carbons (Fsp3) is 0.333. The Morgan fingerprint density at radius 2 is 1.52 bits per heavy atom. The predicted molar refractivity (Wildman–Crippen MR) is 117 cm³/mol. The van der Waals surface area contributed by atoms with Crippen molar-refractivity contribution in [2.24, 2.45) is 5.73 Å². The molecular weight excluding hydrogens is 364 g/mol. The molecule has 0 aliphatic rings. The molecule has 0 bridgehead atoms. The molecule has 3 rings (SSSR count). The van der Waals surface area contributed by atoms with E-state index in [-0.39, 0.29) is 27.6 Å². The highest BCUT2D eigenvalue weighted by atomic mass is 16.3. The van der Waals surface area contributed by atoms with Crippen molar-refractivity contribution < 1.29 is 9.90 Å². The average Bonchev–Trinajstić information content (AvgIpc) is 2.60. The maximum Gasteiger partial charge on any atom is 0.254 e. The van der Waals surface area contributed by atoms with Gasteiger partial charge in [0.25, 0.3) is 5.91 Å². The molecule has 0 atom stereocenters. The average molecular weight is 392 g/mol. The van der Waals surface area contributed by atoms with Crippen LogP contribution in [-0.4, -0.2) is 15.6 Å². The first-order chi connectivity index (χ1) is 13.3. The van der Waals surface area contributed by atoms with Gasteiger partial charge < -0.3 is 15.4 Å². The number of phenols is 1. The Morgan fingerprint density at radius 1 is 0.931 bits per heavy atom. The van der Waals surface area contributed by atoms with Gasteiger partial charge in [-0.1, -0.05) is 53.7 Å². The van der Waals surface area contributed by atoms with E-state index >= 15 is 0 Å². The number of phenolic OH excluding ortho intramolecular Hbond substituents is 1. The highest BCUT2D eigenvalue weighted by Gasteiger charge is 2.31. The molecule has 1 aromatic heterocycles. The molecule has 0 saturated carbocycles. The van der Waals surface area contributed by atoms with E-state index in [9.17, 15) is 14.7 Å². The second-order valence-electron chi connectivity index (χ2n) is 9.48. The van der Waals surface area contributed by atoms with Gasteiger partial charge in [-0.05, 0) is 40.7 Å². The highest BCUT2D eigenvalue weighted by molar-refractivity contribution is 5.96. The Kier molecular flexibility index (Phi) is 4.81. The monoisotopic (exact) mass is 392 g/mol. The summed E-state index contributed by atoms with van der Waals surface area (Å²) >= 11 is 0. The summed E-state index contributed by atoms with van der Waals surface area (Å²) in [6.07, 6.45) is 1.51. The Bertz CT molecular complexity index is 1180. The van der Waals surface area contributed by atoms with Crippen molar-refractivity contribution in [3.05, 3.63) is 69.5 Å². The van der Waals surface area contributed by atoms with Crippen LogP contribution >= 0.6 is 0 Å². The lowest BCUT2D eigenvalue weighted by Crippen LogP contribution is -2.27. The van der Waals surface area contributed by atoms with Gasteiger partial charge in [-0.25, -0.2) is 0 Å². The second kappa shape index (κ2) is 6.76. The summed E-state index contributed by atoms with van der Waals surface area (Å²) in [7, 11) is 0. The molecule has 152 valence electrons. The zero-order valence-electron chi connectivity index (χ0n) is 17.8. The third-order valence-corrected chi connectivity index (χ3v) is 5.10. The normalized spacial score (nSPS) is 12.3. The number of rotatable bonds is 2. The van der Waals surface area contributed by atoms with Gasteiger partial charge in [0.05, 0.1) is 5.52 Å². The Labute approximate surface area is 170 Å². The second-order valence-corrected chi connectivity index (χ2v) is 9.48. The van der Waals surface area contributed by atoms with Crippen LogP contribution in [0.4, 0.5) is 0 Å². The number of aromatic nitrogens is 1. The van der Waals surface area contributed by atoms with E-state index in [1.54, 1.807) is 18.2 Å². The molecule has 1 heterocycles. The number of carbonyl (C=O) groups is 1. The summed E-state index contributed by atoms with van der Waals surface area (Å²) in [6, 6.07) is 10.7. The lowest BCUT2D eigenvalue weighted by Gasteiger charge is -2.33. The van der Waals surface area contributed by atoms with E-state index in [0.29, 0.717) is 10.9 Å². The minimum absolute atomic E-state index is 0.0612. The van der Waals surface area contributed by atoms with Crippen LogP contribution in [-0.2, 0) is 10.8 Å². The molecule has 2 aromatic carbocycles. The molecule has 0 radical (unpaired) electrons. The SMILES string of the molecule is CC(C)(C)c1c(O)ccc(-n2cc(C(N)=O)c(=O)c3ccccc32)c1C(C)(C)C. The fourth-order valence-electron chi connectivity index (χ4n) is 3.95. The number of hydrogen-bond acceptors (Lipinski definition) is 3. The van der Waals surface area contributed by atoms with Crippen LogP contribution in [0.2, 0.25) is 0 Å². The molecule has 3 aromatic rings. The van der Waals surface area contributed by atoms with Crippen LogP contribution in [0.15, 0.2) is 47.4 Å². The predicted octanol–water partition coefficient (Wildman–Crippen LogP) is 4.39. The van der Waals surface area contributed by atoms with Gasteiger partial charge in [-0.3, -0.25) is 9.59 Å². The largest absolute Gasteiger partial charge is 0.508 e. The Morgan fingerprint density at radius 3 is 2.07 bits per heavy atom. The van der Waals surface area contributed by atoms with E-state index in [0.717, 1.165) is 16.8 Å². The molecule has 3 N–H and O–H groups in total. The van der Waals surface area contributed by atoms with Crippen LogP contribution in [0.3, 0.4) is 0 Å². The van der Waals surface area contributed by atoms with Crippen molar-refractivity contribution in [2.75, 3.05) is 0 Å². The van der Waals surface area contributed by atoms with Crippen molar-refractivity contribution in [3.63, 3.8) is 0 Å². The smallest absolute Gasteiger partial charge is 0.254 e. The van der Waals surface area contributed by atoms with Crippen molar-refractivity contribution in [2.45, 2.75) is 52.4 Å². The minimum Gasteiger partial charge on any atom is -0.508 e. The van der Waals surface area contributed by atoms with E-state index in [1.807, 2.05) is 22.8 Å². The third-order valence-electron chi connectivity index (χ3n) is 5.10. The highest BCUT2D eigenvalue weighted by Crippen LogP contribution is 2.43. The lowest BCUT2D eigenvalue weighted by molar-refractivity contribution is 0.0999. The fourth-order valence-corrected chi connectivity index (χ4v) is 3.95. The van der Waals surface area contributed by atoms with Crippen LogP contribution in [0.1, 0.15) is 63.0 Å². The first-order valence-electron chi connectivity index (χ1n) is 9.65. The van der Waals surface area contributed by atoms with Gasteiger partial charge in [-0.15, -0.1) is 0 Å². The number of fused-ring (bicyclic) bond motifs is 1. The molecule has 0 fully saturated rings. The van der Waals surface area contributed by atoms with Gasteiger partial charge in [0.2, 0.25) is 5.43 Å². The summed E-state index contributed by atoms with van der Waals surface area (Å²) in [5.74, 6) is -0.534. The van der Waals surface area contributed by atoms with Crippen LogP contribution in [0.5, 0.6) is 5.75 Å². The molecule has 0 spiro atoms. The summed E-state index contributed by atoms with van der Waals surface area (Å²) in [5, 5.41) is 11.2. The number of pyridine rings is 1. The number of para-hydroxylation sites is 1. The minimum atomic E-state index is -0.762. The molecule has 0 aliphatic heterocycles. The molecule has 0 aliphatic carbocycles. The molecule has 5 nitrogen and oxygen atoms in total. The van der Waals surface area contributed by atoms with Crippen LogP contribution < -0.4 is 11.2 Å². The topological polar surface area (TPSA) is 85.3 Å². The summed E-state index contributed by atoms with van der Waals surface area (Å²) < 4.78 is 1.84. The maximum atomic E-state index is 12.8. The number of carbonyl (C=O) groups excluding carboxylic acids is 1. The van der Waals surface area contributed by atoms with Crippen molar-refractivity contribution >= 4 is 16.8 Å². The zero-order chi connectivity index (χ0) is 21.7.